The number of para-hydroxylation sites is 1. The molecule has 2 atom stereocenters. The summed E-state index contributed by atoms with van der Waals surface area (Å²) in [5.74, 6) is 1.87. The first kappa shape index (κ1) is 22.6. The second kappa shape index (κ2) is 10.8. The first-order chi connectivity index (χ1) is 14.4. The zero-order valence-corrected chi connectivity index (χ0v) is 18.3. The minimum Gasteiger partial charge on any atom is -0.494 e. The summed E-state index contributed by atoms with van der Waals surface area (Å²) >= 11 is 0. The van der Waals surface area contributed by atoms with Crippen molar-refractivity contribution in [2.45, 2.75) is 38.5 Å². The SMILES string of the molecule is CCCOc1ccc(CN(CC(O)COc2ccccc2)C2CCS(=O)(=O)C2)cc1. The van der Waals surface area contributed by atoms with Gasteiger partial charge in [-0.25, -0.2) is 8.42 Å². The van der Waals surface area contributed by atoms with Crippen molar-refractivity contribution in [3.63, 3.8) is 0 Å². The second-order valence-corrected chi connectivity index (χ2v) is 9.99. The normalized spacial score (nSPS) is 19.0. The summed E-state index contributed by atoms with van der Waals surface area (Å²) in [5, 5.41) is 10.6. The standard InChI is InChI=1S/C23H31NO5S/c1-2-13-28-23-10-8-19(9-11-23)15-24(20-12-14-30(26,27)18-20)16-21(25)17-29-22-6-4-3-5-7-22/h3-11,20-21,25H,2,12-18H2,1H3. The van der Waals surface area contributed by atoms with Gasteiger partial charge in [0.15, 0.2) is 9.84 Å². The fourth-order valence-corrected chi connectivity index (χ4v) is 5.35. The highest BCUT2D eigenvalue weighted by molar-refractivity contribution is 7.91. The molecule has 2 aromatic rings. The molecule has 3 rings (SSSR count). The van der Waals surface area contributed by atoms with E-state index in [1.54, 1.807) is 0 Å². The van der Waals surface area contributed by atoms with Gasteiger partial charge in [0.1, 0.15) is 24.2 Å². The van der Waals surface area contributed by atoms with E-state index in [2.05, 4.69) is 11.8 Å². The Bertz CT molecular complexity index is 870. The molecule has 0 aliphatic carbocycles. The molecule has 2 unspecified atom stereocenters. The fraction of sp³-hybridized carbons (Fsp3) is 0.478. The van der Waals surface area contributed by atoms with Crippen molar-refractivity contribution in [3.05, 3.63) is 60.2 Å². The van der Waals surface area contributed by atoms with Crippen LogP contribution in [0.5, 0.6) is 11.5 Å². The number of sulfone groups is 1. The molecule has 2 aromatic carbocycles. The first-order valence-electron chi connectivity index (χ1n) is 10.5. The van der Waals surface area contributed by atoms with Gasteiger partial charge in [0.2, 0.25) is 0 Å². The van der Waals surface area contributed by atoms with E-state index in [4.69, 9.17) is 9.47 Å². The summed E-state index contributed by atoms with van der Waals surface area (Å²) in [5.41, 5.74) is 1.05. The summed E-state index contributed by atoms with van der Waals surface area (Å²) in [6.07, 6.45) is 0.821. The largest absolute Gasteiger partial charge is 0.494 e. The number of aliphatic hydroxyl groups excluding tert-OH is 1. The van der Waals surface area contributed by atoms with E-state index in [1.807, 2.05) is 54.6 Å². The quantitative estimate of drug-likeness (QED) is 0.587. The van der Waals surface area contributed by atoms with Gasteiger partial charge in [-0.2, -0.15) is 0 Å². The Morgan fingerprint density at radius 2 is 1.77 bits per heavy atom. The van der Waals surface area contributed by atoms with Crippen LogP contribution in [0.3, 0.4) is 0 Å². The lowest BCUT2D eigenvalue weighted by Gasteiger charge is -2.30. The van der Waals surface area contributed by atoms with Crippen molar-refractivity contribution >= 4 is 9.84 Å². The Hall–Kier alpha value is -2.09. The third-order valence-electron chi connectivity index (χ3n) is 5.14. The van der Waals surface area contributed by atoms with Gasteiger partial charge in [-0.3, -0.25) is 4.90 Å². The molecule has 1 heterocycles. The lowest BCUT2D eigenvalue weighted by Crippen LogP contribution is -2.42. The molecular formula is C23H31NO5S. The summed E-state index contributed by atoms with van der Waals surface area (Å²) in [6, 6.07) is 17.1. The predicted octanol–water partition coefficient (Wildman–Crippen LogP) is 2.90. The molecule has 0 amide bonds. The Morgan fingerprint density at radius 3 is 2.40 bits per heavy atom. The molecule has 1 aliphatic heterocycles. The van der Waals surface area contributed by atoms with Crippen LogP contribution < -0.4 is 9.47 Å². The summed E-state index contributed by atoms with van der Waals surface area (Å²) in [4.78, 5) is 2.06. The number of nitrogens with zero attached hydrogens (tertiary/aromatic N) is 1. The first-order valence-corrected chi connectivity index (χ1v) is 12.3. The maximum absolute atomic E-state index is 12.0. The van der Waals surface area contributed by atoms with Crippen LogP contribution in [0.25, 0.3) is 0 Å². The maximum Gasteiger partial charge on any atom is 0.151 e. The predicted molar refractivity (Wildman–Crippen MR) is 118 cm³/mol. The molecule has 0 bridgehead atoms. The van der Waals surface area contributed by atoms with Crippen LogP contribution in [0.4, 0.5) is 0 Å². The van der Waals surface area contributed by atoms with Crippen LogP contribution in [-0.4, -0.2) is 61.8 Å². The van der Waals surface area contributed by atoms with Gasteiger partial charge >= 0.3 is 0 Å². The van der Waals surface area contributed by atoms with Crippen molar-refractivity contribution in [2.24, 2.45) is 0 Å². The number of rotatable bonds is 11. The van der Waals surface area contributed by atoms with Crippen LogP contribution in [-0.2, 0) is 16.4 Å². The smallest absolute Gasteiger partial charge is 0.151 e. The van der Waals surface area contributed by atoms with E-state index < -0.39 is 15.9 Å². The monoisotopic (exact) mass is 433 g/mol. The minimum atomic E-state index is -3.02. The zero-order chi connectivity index (χ0) is 21.4. The van der Waals surface area contributed by atoms with Crippen molar-refractivity contribution in [1.82, 2.24) is 4.90 Å². The lowest BCUT2D eigenvalue weighted by atomic mass is 10.1. The van der Waals surface area contributed by atoms with Crippen LogP contribution in [0.1, 0.15) is 25.3 Å². The molecule has 0 saturated carbocycles. The lowest BCUT2D eigenvalue weighted by molar-refractivity contribution is 0.0524. The highest BCUT2D eigenvalue weighted by atomic mass is 32.2. The van der Waals surface area contributed by atoms with E-state index >= 15 is 0 Å². The maximum atomic E-state index is 12.0. The van der Waals surface area contributed by atoms with Gasteiger partial charge in [-0.05, 0) is 42.7 Å². The Morgan fingerprint density at radius 1 is 1.07 bits per heavy atom. The van der Waals surface area contributed by atoms with Gasteiger partial charge < -0.3 is 14.6 Å². The average Bonchev–Trinajstić information content (AvgIpc) is 3.11. The van der Waals surface area contributed by atoms with E-state index in [0.717, 1.165) is 17.7 Å². The van der Waals surface area contributed by atoms with E-state index in [9.17, 15) is 13.5 Å². The molecule has 1 aliphatic rings. The molecule has 0 aromatic heterocycles. The Kier molecular flexibility index (Phi) is 8.13. The summed E-state index contributed by atoms with van der Waals surface area (Å²) in [7, 11) is -3.02. The number of hydrogen-bond acceptors (Lipinski definition) is 6. The number of benzene rings is 2. The van der Waals surface area contributed by atoms with Gasteiger partial charge in [-0.1, -0.05) is 37.3 Å². The van der Waals surface area contributed by atoms with Crippen LogP contribution >= 0.6 is 0 Å². The van der Waals surface area contributed by atoms with E-state index in [0.29, 0.717) is 31.9 Å². The van der Waals surface area contributed by atoms with Crippen molar-refractivity contribution in [3.8, 4) is 11.5 Å². The highest BCUT2D eigenvalue weighted by Gasteiger charge is 2.33. The third-order valence-corrected chi connectivity index (χ3v) is 6.89. The van der Waals surface area contributed by atoms with Crippen LogP contribution in [0.2, 0.25) is 0 Å². The Balaban J connectivity index is 1.62. The fourth-order valence-electron chi connectivity index (χ4n) is 3.58. The van der Waals surface area contributed by atoms with Gasteiger partial charge in [0, 0.05) is 19.1 Å². The van der Waals surface area contributed by atoms with Crippen molar-refractivity contribution in [1.29, 1.82) is 0 Å². The molecule has 30 heavy (non-hydrogen) atoms. The summed E-state index contributed by atoms with van der Waals surface area (Å²) in [6.45, 7) is 3.81. The van der Waals surface area contributed by atoms with Gasteiger partial charge in [0.05, 0.1) is 18.1 Å². The number of aliphatic hydroxyl groups is 1. The van der Waals surface area contributed by atoms with Crippen molar-refractivity contribution in [2.75, 3.05) is 31.3 Å². The van der Waals surface area contributed by atoms with Gasteiger partial charge in [-0.15, -0.1) is 0 Å². The average molecular weight is 434 g/mol. The second-order valence-electron chi connectivity index (χ2n) is 7.76. The topological polar surface area (TPSA) is 76.1 Å². The highest BCUT2D eigenvalue weighted by Crippen LogP contribution is 2.22. The van der Waals surface area contributed by atoms with Crippen LogP contribution in [0.15, 0.2) is 54.6 Å². The zero-order valence-electron chi connectivity index (χ0n) is 17.4. The van der Waals surface area contributed by atoms with Crippen LogP contribution in [0, 0.1) is 0 Å². The number of hydrogen-bond donors (Lipinski definition) is 1. The molecule has 164 valence electrons. The molecule has 0 radical (unpaired) electrons. The molecule has 7 heteroatoms. The van der Waals surface area contributed by atoms with E-state index in [1.165, 1.54) is 0 Å². The molecule has 0 spiro atoms. The van der Waals surface area contributed by atoms with Gasteiger partial charge in [0.25, 0.3) is 0 Å². The molecular weight excluding hydrogens is 402 g/mol. The molecule has 6 nitrogen and oxygen atoms in total. The molecule has 1 fully saturated rings. The number of ether oxygens (including phenoxy) is 2. The molecule has 1 N–H and O–H groups in total. The summed E-state index contributed by atoms with van der Waals surface area (Å²) < 4.78 is 35.3. The molecule has 1 saturated heterocycles. The van der Waals surface area contributed by atoms with Crippen molar-refractivity contribution < 1.29 is 23.0 Å². The third kappa shape index (κ3) is 7.00. The van der Waals surface area contributed by atoms with E-state index in [-0.39, 0.29) is 24.2 Å². The Labute approximate surface area is 179 Å². The minimum absolute atomic E-state index is 0.0996.